The quantitative estimate of drug-likeness (QED) is 0.705. The number of carbonyl (C=O) groups is 1. The summed E-state index contributed by atoms with van der Waals surface area (Å²) in [6.45, 7) is 1.97. The Hall–Kier alpha value is -1.35. The molecule has 0 unspecified atom stereocenters. The van der Waals surface area contributed by atoms with Gasteiger partial charge in [0.25, 0.3) is 0 Å². The zero-order chi connectivity index (χ0) is 9.42. The van der Waals surface area contributed by atoms with Crippen molar-refractivity contribution in [1.29, 1.82) is 0 Å². The summed E-state index contributed by atoms with van der Waals surface area (Å²) in [6.07, 6.45) is 0.694. The second-order valence-electron chi connectivity index (χ2n) is 2.88. The molecule has 1 aromatic carbocycles. The van der Waals surface area contributed by atoms with Gasteiger partial charge in [0.1, 0.15) is 10.6 Å². The molecule has 2 aromatic rings. The van der Waals surface area contributed by atoms with E-state index in [-0.39, 0.29) is 5.75 Å². The highest BCUT2D eigenvalue weighted by Gasteiger charge is 2.10. The summed E-state index contributed by atoms with van der Waals surface area (Å²) in [5, 5.41) is 10.4. The Morgan fingerprint density at radius 2 is 2.23 bits per heavy atom. The van der Waals surface area contributed by atoms with Crippen LogP contribution in [0, 0.1) is 6.92 Å². The van der Waals surface area contributed by atoms with Crippen LogP contribution in [0.2, 0.25) is 0 Å². The second kappa shape index (κ2) is 2.85. The summed E-state index contributed by atoms with van der Waals surface area (Å²) in [5.41, 5.74) is 1.09. The molecule has 66 valence electrons. The van der Waals surface area contributed by atoms with Crippen LogP contribution >= 0.6 is 11.3 Å². The molecule has 0 radical (unpaired) electrons. The number of hydrogen-bond acceptors (Lipinski definition) is 3. The highest BCUT2D eigenvalue weighted by molar-refractivity contribution is 7.21. The van der Waals surface area contributed by atoms with E-state index in [2.05, 4.69) is 0 Å². The van der Waals surface area contributed by atoms with E-state index in [1.54, 1.807) is 0 Å². The average Bonchev–Trinajstić information content (AvgIpc) is 2.45. The Morgan fingerprint density at radius 1 is 1.46 bits per heavy atom. The van der Waals surface area contributed by atoms with Gasteiger partial charge in [0.2, 0.25) is 0 Å². The van der Waals surface area contributed by atoms with E-state index in [1.807, 2.05) is 25.1 Å². The average molecular weight is 192 g/mol. The van der Waals surface area contributed by atoms with Gasteiger partial charge in [0.05, 0.1) is 0 Å². The van der Waals surface area contributed by atoms with E-state index in [9.17, 15) is 9.90 Å². The Bertz CT molecular complexity index is 471. The monoisotopic (exact) mass is 192 g/mol. The van der Waals surface area contributed by atoms with Crippen LogP contribution in [-0.4, -0.2) is 11.4 Å². The van der Waals surface area contributed by atoms with Crippen molar-refractivity contribution in [2.45, 2.75) is 6.92 Å². The minimum Gasteiger partial charge on any atom is -0.506 e. The smallest absolute Gasteiger partial charge is 0.163 e. The first kappa shape index (κ1) is 8.26. The summed E-state index contributed by atoms with van der Waals surface area (Å²) in [7, 11) is 0. The van der Waals surface area contributed by atoms with Crippen molar-refractivity contribution in [3.8, 4) is 5.75 Å². The van der Waals surface area contributed by atoms with E-state index in [1.165, 1.54) is 11.3 Å². The Morgan fingerprint density at radius 3 is 2.85 bits per heavy atom. The molecule has 0 atom stereocenters. The van der Waals surface area contributed by atoms with E-state index in [0.717, 1.165) is 15.6 Å². The van der Waals surface area contributed by atoms with E-state index in [0.29, 0.717) is 11.2 Å². The molecule has 0 amide bonds. The van der Waals surface area contributed by atoms with Crippen LogP contribution in [0.25, 0.3) is 10.1 Å². The number of aryl methyl sites for hydroxylation is 1. The molecule has 2 rings (SSSR count). The molecule has 1 heterocycles. The summed E-state index contributed by atoms with van der Waals surface area (Å²) in [5.74, 6) is 0.110. The molecule has 2 nitrogen and oxygen atoms in total. The van der Waals surface area contributed by atoms with Crippen molar-refractivity contribution in [2.24, 2.45) is 0 Å². The summed E-state index contributed by atoms with van der Waals surface area (Å²) >= 11 is 1.33. The number of rotatable bonds is 1. The third-order valence-electron chi connectivity index (χ3n) is 2.02. The van der Waals surface area contributed by atoms with Crippen LogP contribution in [-0.2, 0) is 0 Å². The van der Waals surface area contributed by atoms with Crippen molar-refractivity contribution in [3.05, 3.63) is 28.6 Å². The lowest BCUT2D eigenvalue weighted by Gasteiger charge is -1.93. The molecule has 13 heavy (non-hydrogen) atoms. The van der Waals surface area contributed by atoms with Crippen LogP contribution in [0.5, 0.6) is 5.75 Å². The van der Waals surface area contributed by atoms with Crippen LogP contribution < -0.4 is 0 Å². The molecule has 0 aliphatic carbocycles. The number of fused-ring (bicyclic) bond motifs is 1. The van der Waals surface area contributed by atoms with Gasteiger partial charge in [-0.15, -0.1) is 11.3 Å². The number of benzene rings is 1. The Kier molecular flexibility index (Phi) is 1.81. The van der Waals surface area contributed by atoms with Gasteiger partial charge in [-0.3, -0.25) is 4.79 Å². The lowest BCUT2D eigenvalue weighted by molar-refractivity contribution is 0.112. The fourth-order valence-corrected chi connectivity index (χ4v) is 2.32. The third kappa shape index (κ3) is 1.12. The van der Waals surface area contributed by atoms with Gasteiger partial charge in [-0.1, -0.05) is 12.1 Å². The van der Waals surface area contributed by atoms with E-state index in [4.69, 9.17) is 0 Å². The first-order valence-corrected chi connectivity index (χ1v) is 4.72. The molecular weight excluding hydrogens is 184 g/mol. The van der Waals surface area contributed by atoms with Gasteiger partial charge in [-0.25, -0.2) is 0 Å². The molecule has 0 aliphatic rings. The van der Waals surface area contributed by atoms with Crippen LogP contribution in [0.4, 0.5) is 0 Å². The zero-order valence-electron chi connectivity index (χ0n) is 7.07. The molecule has 0 saturated carbocycles. The highest BCUT2D eigenvalue weighted by atomic mass is 32.1. The lowest BCUT2D eigenvalue weighted by atomic mass is 10.2. The largest absolute Gasteiger partial charge is 0.506 e. The Labute approximate surface area is 79.4 Å². The van der Waals surface area contributed by atoms with E-state index >= 15 is 0 Å². The van der Waals surface area contributed by atoms with Crippen molar-refractivity contribution < 1.29 is 9.90 Å². The number of aldehydes is 1. The Balaban J connectivity index is 2.91. The predicted molar refractivity (Wildman–Crippen MR) is 53.6 cm³/mol. The minimum atomic E-state index is 0.110. The first-order valence-electron chi connectivity index (χ1n) is 3.90. The number of hydrogen-bond donors (Lipinski definition) is 1. The fraction of sp³-hybridized carbons (Fsp3) is 0.100. The molecule has 0 aliphatic heterocycles. The third-order valence-corrected chi connectivity index (χ3v) is 3.27. The molecule has 1 N–H and O–H groups in total. The standard InChI is InChI=1S/C10H8O2S/c1-6-3-2-4-7-9(12)8(5-11)13-10(6)7/h2-5,12H,1H3. The van der Waals surface area contributed by atoms with Gasteiger partial charge in [-0.05, 0) is 18.6 Å². The lowest BCUT2D eigenvalue weighted by Crippen LogP contribution is -1.70. The molecule has 0 saturated heterocycles. The fourth-order valence-electron chi connectivity index (χ4n) is 1.35. The van der Waals surface area contributed by atoms with Crippen LogP contribution in [0.3, 0.4) is 0 Å². The van der Waals surface area contributed by atoms with Crippen LogP contribution in [0.15, 0.2) is 18.2 Å². The minimum absolute atomic E-state index is 0.110. The SMILES string of the molecule is Cc1cccc2c(O)c(C=O)sc12. The molecule has 0 bridgehead atoms. The maximum Gasteiger partial charge on any atom is 0.163 e. The van der Waals surface area contributed by atoms with Crippen molar-refractivity contribution in [2.75, 3.05) is 0 Å². The van der Waals surface area contributed by atoms with Gasteiger partial charge in [0.15, 0.2) is 6.29 Å². The highest BCUT2D eigenvalue weighted by Crippen LogP contribution is 2.37. The maximum absolute atomic E-state index is 10.6. The number of carbonyl (C=O) groups excluding carboxylic acids is 1. The number of aromatic hydroxyl groups is 1. The van der Waals surface area contributed by atoms with Crippen LogP contribution in [0.1, 0.15) is 15.2 Å². The topological polar surface area (TPSA) is 37.3 Å². The molecule has 3 heteroatoms. The molecule has 0 spiro atoms. The molecular formula is C10H8O2S. The van der Waals surface area contributed by atoms with Gasteiger partial charge in [0, 0.05) is 10.1 Å². The first-order chi connectivity index (χ1) is 6.24. The summed E-state index contributed by atoms with van der Waals surface area (Å²) in [6, 6.07) is 5.66. The summed E-state index contributed by atoms with van der Waals surface area (Å²) in [4.78, 5) is 11.0. The summed E-state index contributed by atoms with van der Waals surface area (Å²) < 4.78 is 0.988. The molecule has 0 fully saturated rings. The van der Waals surface area contributed by atoms with Gasteiger partial charge in [-0.2, -0.15) is 0 Å². The molecule has 1 aromatic heterocycles. The maximum atomic E-state index is 10.6. The van der Waals surface area contributed by atoms with E-state index < -0.39 is 0 Å². The van der Waals surface area contributed by atoms with Gasteiger partial charge >= 0.3 is 0 Å². The second-order valence-corrected chi connectivity index (χ2v) is 3.94. The number of thiophene rings is 1. The van der Waals surface area contributed by atoms with Gasteiger partial charge < -0.3 is 5.11 Å². The van der Waals surface area contributed by atoms with Crippen molar-refractivity contribution in [1.82, 2.24) is 0 Å². The van der Waals surface area contributed by atoms with Crippen molar-refractivity contribution >= 4 is 27.7 Å². The predicted octanol–water partition coefficient (Wildman–Crippen LogP) is 2.73. The zero-order valence-corrected chi connectivity index (χ0v) is 7.89. The van der Waals surface area contributed by atoms with Crippen molar-refractivity contribution in [3.63, 3.8) is 0 Å². The normalized spacial score (nSPS) is 10.5.